The molecule has 0 heterocycles. The molecule has 40 heavy (non-hydrogen) atoms. The van der Waals surface area contributed by atoms with Crippen LogP contribution in [0.2, 0.25) is 0 Å². The van der Waals surface area contributed by atoms with Crippen LogP contribution >= 0.6 is 0 Å². The molecule has 0 saturated heterocycles. The molecule has 0 aliphatic heterocycles. The van der Waals surface area contributed by atoms with E-state index in [-0.39, 0.29) is 6.42 Å². The highest BCUT2D eigenvalue weighted by Gasteiger charge is 2.27. The molecule has 224 valence electrons. The van der Waals surface area contributed by atoms with Crippen LogP contribution in [0.4, 0.5) is 0 Å². The lowest BCUT2D eigenvalue weighted by Crippen LogP contribution is -2.45. The number of carbonyl (C=O) groups excluding carboxylic acids is 4. The van der Waals surface area contributed by atoms with Crippen molar-refractivity contribution >= 4 is 53.5 Å². The average Bonchev–Trinajstić information content (AvgIpc) is 2.83. The summed E-state index contributed by atoms with van der Waals surface area (Å²) in [4.78, 5) is 103. The van der Waals surface area contributed by atoms with Crippen LogP contribution in [0.15, 0.2) is 0 Å². The number of amides is 4. The van der Waals surface area contributed by atoms with Crippen LogP contribution in [-0.4, -0.2) is 103 Å². The highest BCUT2D eigenvalue weighted by molar-refractivity contribution is 5.88. The number of carboxylic acid groups (broad SMARTS) is 5. The molecule has 0 aromatic carbocycles. The predicted molar refractivity (Wildman–Crippen MR) is 129 cm³/mol. The van der Waals surface area contributed by atoms with Crippen LogP contribution in [0.25, 0.3) is 0 Å². The summed E-state index contributed by atoms with van der Waals surface area (Å²) in [6.45, 7) is 1.07. The third-order valence-electron chi connectivity index (χ3n) is 5.20. The molecule has 9 N–H and O–H groups in total. The van der Waals surface area contributed by atoms with E-state index < -0.39 is 123 Å². The number of nitrogens with one attached hydrogen (secondary N) is 4. The van der Waals surface area contributed by atoms with Crippen molar-refractivity contribution in [2.24, 2.45) is 0 Å². The van der Waals surface area contributed by atoms with Gasteiger partial charge in [0.05, 0.1) is 0 Å². The van der Waals surface area contributed by atoms with Gasteiger partial charge in [0, 0.05) is 32.6 Å². The van der Waals surface area contributed by atoms with E-state index in [4.69, 9.17) is 15.3 Å². The first-order valence-corrected chi connectivity index (χ1v) is 11.8. The van der Waals surface area contributed by atoms with Crippen LogP contribution in [0, 0.1) is 0 Å². The summed E-state index contributed by atoms with van der Waals surface area (Å²) in [5.41, 5.74) is 0. The van der Waals surface area contributed by atoms with Crippen molar-refractivity contribution in [3.63, 3.8) is 0 Å². The van der Waals surface area contributed by atoms with Crippen LogP contribution in [0.1, 0.15) is 58.3 Å². The molecule has 0 aromatic heterocycles. The van der Waals surface area contributed by atoms with Crippen molar-refractivity contribution < 1.29 is 68.7 Å². The van der Waals surface area contributed by atoms with Crippen molar-refractivity contribution in [1.82, 2.24) is 21.3 Å². The van der Waals surface area contributed by atoms with E-state index in [0.717, 1.165) is 6.92 Å². The second kappa shape index (κ2) is 17.7. The molecule has 0 radical (unpaired) electrons. The first-order chi connectivity index (χ1) is 18.5. The first-order valence-electron chi connectivity index (χ1n) is 11.8. The smallest absolute Gasteiger partial charge is 0.326 e. The Bertz CT molecular complexity index is 998. The van der Waals surface area contributed by atoms with E-state index in [1.165, 1.54) is 0 Å². The Morgan fingerprint density at radius 1 is 0.450 bits per heavy atom. The Morgan fingerprint density at radius 3 is 0.925 bits per heavy atom. The number of aliphatic carboxylic acids is 5. The number of carbonyl (C=O) groups is 9. The minimum Gasteiger partial charge on any atom is -0.481 e. The largest absolute Gasteiger partial charge is 0.481 e. The first kappa shape index (κ1) is 35.2. The van der Waals surface area contributed by atoms with Crippen LogP contribution in [0.3, 0.4) is 0 Å². The van der Waals surface area contributed by atoms with E-state index in [2.05, 4.69) is 21.3 Å². The minimum absolute atomic E-state index is 0.339. The Hall–Kier alpha value is -4.77. The maximum Gasteiger partial charge on any atom is 0.326 e. The highest BCUT2D eigenvalue weighted by Crippen LogP contribution is 2.06. The monoisotopic (exact) mass is 576 g/mol. The average molecular weight is 577 g/mol. The van der Waals surface area contributed by atoms with Gasteiger partial charge in [0.2, 0.25) is 23.6 Å². The fourth-order valence-corrected chi connectivity index (χ4v) is 3.17. The topological polar surface area (TPSA) is 303 Å². The summed E-state index contributed by atoms with van der Waals surface area (Å²) in [5.74, 6) is -10.6. The quantitative estimate of drug-likeness (QED) is 0.0723. The Morgan fingerprint density at radius 2 is 0.700 bits per heavy atom. The highest BCUT2D eigenvalue weighted by atomic mass is 16.4. The van der Waals surface area contributed by atoms with Crippen molar-refractivity contribution in [3.05, 3.63) is 0 Å². The summed E-state index contributed by atoms with van der Waals surface area (Å²) in [6, 6.07) is -6.10. The van der Waals surface area contributed by atoms with Gasteiger partial charge in [-0.25, -0.2) is 19.2 Å². The normalized spacial score (nSPS) is 13.4. The van der Waals surface area contributed by atoms with Gasteiger partial charge in [-0.15, -0.1) is 0 Å². The standard InChI is InChI=1S/C22H32N4O14/c1-10(27)23-11(19(33)34)2-6-15(28)24-12(20(35)36)3-7-16(29)25-13(21(37)38)4-8-17(30)26-14(22(39)40)5-9-18(31)32/h11-14H,2-9H2,1H3,(H,23,27)(H,24,28)(H,25,29)(H,26,30)(H,31,32)(H,33,34)(H,35,36)(H,37,38)(H,39,40)/t11?,12-,13?,14-/m0/s1. The molecule has 18 heteroatoms. The molecule has 0 aliphatic carbocycles. The van der Waals surface area contributed by atoms with Gasteiger partial charge in [-0.3, -0.25) is 24.0 Å². The van der Waals surface area contributed by atoms with Gasteiger partial charge in [0.25, 0.3) is 0 Å². The molecule has 0 saturated carbocycles. The molecule has 0 bridgehead atoms. The lowest BCUT2D eigenvalue weighted by Gasteiger charge is -2.18. The van der Waals surface area contributed by atoms with E-state index in [0.29, 0.717) is 0 Å². The molecule has 0 spiro atoms. The van der Waals surface area contributed by atoms with E-state index in [1.54, 1.807) is 0 Å². The van der Waals surface area contributed by atoms with Gasteiger partial charge in [0.15, 0.2) is 0 Å². The molecule has 0 aromatic rings. The lowest BCUT2D eigenvalue weighted by molar-refractivity contribution is -0.144. The molecule has 2 unspecified atom stereocenters. The molecule has 4 amide bonds. The Kier molecular flexibility index (Phi) is 15.6. The van der Waals surface area contributed by atoms with E-state index >= 15 is 0 Å². The number of rotatable bonds is 20. The van der Waals surface area contributed by atoms with Gasteiger partial charge in [0.1, 0.15) is 24.2 Å². The zero-order chi connectivity index (χ0) is 31.0. The second-order valence-corrected chi connectivity index (χ2v) is 8.51. The van der Waals surface area contributed by atoms with E-state index in [9.17, 15) is 53.4 Å². The van der Waals surface area contributed by atoms with Crippen molar-refractivity contribution in [2.45, 2.75) is 82.5 Å². The second-order valence-electron chi connectivity index (χ2n) is 8.51. The third-order valence-corrected chi connectivity index (χ3v) is 5.20. The van der Waals surface area contributed by atoms with Crippen molar-refractivity contribution in [1.29, 1.82) is 0 Å². The summed E-state index contributed by atoms with van der Waals surface area (Å²) in [7, 11) is 0. The zero-order valence-corrected chi connectivity index (χ0v) is 21.4. The van der Waals surface area contributed by atoms with Gasteiger partial charge in [-0.1, -0.05) is 0 Å². The van der Waals surface area contributed by atoms with Crippen LogP contribution in [0.5, 0.6) is 0 Å². The summed E-state index contributed by atoms with van der Waals surface area (Å²) in [6.07, 6.45) is -3.81. The molecule has 0 fully saturated rings. The number of hydrogen-bond donors (Lipinski definition) is 9. The maximum absolute atomic E-state index is 12.2. The van der Waals surface area contributed by atoms with Gasteiger partial charge >= 0.3 is 29.8 Å². The lowest BCUT2D eigenvalue weighted by atomic mass is 10.1. The molecule has 18 nitrogen and oxygen atoms in total. The third kappa shape index (κ3) is 15.5. The SMILES string of the molecule is CC(=O)NC(CCC(=O)N[C@@H](CCC(=O)NC(CCC(=O)N[C@@H](CCC(=O)O)C(=O)O)C(=O)O)C(=O)O)C(=O)O. The van der Waals surface area contributed by atoms with Crippen molar-refractivity contribution in [3.8, 4) is 0 Å². The number of hydrogen-bond acceptors (Lipinski definition) is 9. The fourth-order valence-electron chi connectivity index (χ4n) is 3.17. The van der Waals surface area contributed by atoms with Crippen LogP contribution < -0.4 is 21.3 Å². The van der Waals surface area contributed by atoms with Crippen molar-refractivity contribution in [2.75, 3.05) is 0 Å². The zero-order valence-electron chi connectivity index (χ0n) is 21.4. The predicted octanol–water partition coefficient (Wildman–Crippen LogP) is -2.51. The Balaban J connectivity index is 4.86. The van der Waals surface area contributed by atoms with Gasteiger partial charge < -0.3 is 46.8 Å². The Labute approximate surface area is 226 Å². The summed E-state index contributed by atoms with van der Waals surface area (Å²) >= 11 is 0. The fraction of sp³-hybridized carbons (Fsp3) is 0.591. The number of carboxylic acids is 5. The minimum atomic E-state index is -1.61. The van der Waals surface area contributed by atoms with Gasteiger partial charge in [-0.2, -0.15) is 0 Å². The summed E-state index contributed by atoms with van der Waals surface area (Å²) < 4.78 is 0. The van der Waals surface area contributed by atoms with Gasteiger partial charge in [-0.05, 0) is 25.7 Å². The van der Waals surface area contributed by atoms with Crippen LogP contribution in [-0.2, 0) is 43.2 Å². The molecule has 0 aliphatic rings. The molecular formula is C22H32N4O14. The molecule has 4 atom stereocenters. The molecular weight excluding hydrogens is 544 g/mol. The maximum atomic E-state index is 12.2. The molecule has 0 rings (SSSR count). The van der Waals surface area contributed by atoms with E-state index in [1.807, 2.05) is 0 Å². The summed E-state index contributed by atoms with van der Waals surface area (Å²) in [5, 5.41) is 53.7.